The number of rotatable bonds is 19. The fourth-order valence-corrected chi connectivity index (χ4v) is 6.00. The zero-order chi connectivity index (χ0) is 39.4. The van der Waals surface area contributed by atoms with Crippen LogP contribution < -0.4 is 21.3 Å². The first kappa shape index (κ1) is 41.3. The van der Waals surface area contributed by atoms with E-state index < -0.39 is 36.1 Å². The van der Waals surface area contributed by atoms with Gasteiger partial charge in [0.15, 0.2) is 0 Å². The highest BCUT2D eigenvalue weighted by Crippen LogP contribution is 2.29. The van der Waals surface area contributed by atoms with E-state index in [4.69, 9.17) is 29.7 Å². The van der Waals surface area contributed by atoms with Crippen molar-refractivity contribution >= 4 is 24.0 Å². The first-order valence-corrected chi connectivity index (χ1v) is 17.7. The van der Waals surface area contributed by atoms with Gasteiger partial charge in [0.1, 0.15) is 11.6 Å². The Balaban J connectivity index is 1.46. The molecular formula is C38H50N8O8. The number of aromatic nitrogens is 4. The van der Waals surface area contributed by atoms with Crippen molar-refractivity contribution in [1.82, 2.24) is 41.2 Å². The number of imidazole rings is 2. The Labute approximate surface area is 313 Å². The van der Waals surface area contributed by atoms with Gasteiger partial charge in [-0.05, 0) is 35.8 Å². The zero-order valence-electron chi connectivity index (χ0n) is 31.3. The number of H-pyrrole nitrogens is 2. The van der Waals surface area contributed by atoms with Gasteiger partial charge in [-0.1, -0.05) is 76.2 Å². The number of aromatic amines is 2. The molecule has 54 heavy (non-hydrogen) atoms. The molecule has 16 nitrogen and oxygen atoms in total. The minimum Gasteiger partial charge on any atom is -0.465 e. The molecule has 2 unspecified atom stereocenters. The number of benzene rings is 2. The Morgan fingerprint density at radius 2 is 0.944 bits per heavy atom. The summed E-state index contributed by atoms with van der Waals surface area (Å²) >= 11 is 0. The van der Waals surface area contributed by atoms with Gasteiger partial charge < -0.3 is 29.7 Å². The van der Waals surface area contributed by atoms with E-state index in [2.05, 4.69) is 20.6 Å². The van der Waals surface area contributed by atoms with Crippen LogP contribution in [0, 0.1) is 11.8 Å². The number of carbonyl (C=O) groups is 4. The number of amides is 4. The summed E-state index contributed by atoms with van der Waals surface area (Å²) in [4.78, 5) is 63.5. The average molecular weight is 747 g/mol. The molecule has 4 aromatic rings. The summed E-state index contributed by atoms with van der Waals surface area (Å²) in [7, 11) is 3.04. The van der Waals surface area contributed by atoms with Gasteiger partial charge in [-0.15, -0.1) is 0 Å². The normalized spacial score (nSPS) is 13.7. The van der Waals surface area contributed by atoms with Gasteiger partial charge in [0.2, 0.25) is 11.8 Å². The van der Waals surface area contributed by atoms with Crippen LogP contribution in [-0.2, 0) is 19.1 Å². The van der Waals surface area contributed by atoms with Crippen molar-refractivity contribution in [2.45, 2.75) is 64.7 Å². The molecule has 0 bridgehead atoms. The molecule has 16 heteroatoms. The molecule has 2 heterocycles. The predicted molar refractivity (Wildman–Crippen MR) is 201 cm³/mol. The van der Waals surface area contributed by atoms with Crippen molar-refractivity contribution in [2.24, 2.45) is 11.8 Å². The summed E-state index contributed by atoms with van der Waals surface area (Å²) in [6, 6.07) is 13.7. The van der Waals surface area contributed by atoms with Gasteiger partial charge in [0.05, 0.1) is 35.6 Å². The number of methoxy groups -OCH3 is 2. The first-order valence-electron chi connectivity index (χ1n) is 17.7. The van der Waals surface area contributed by atoms with Crippen LogP contribution in [0.3, 0.4) is 0 Å². The molecule has 0 saturated heterocycles. The van der Waals surface area contributed by atoms with Crippen LogP contribution in [0.1, 0.15) is 64.3 Å². The summed E-state index contributed by atoms with van der Waals surface area (Å²) in [5.41, 5.74) is 5.23. The number of ether oxygens (including phenoxy) is 2. The molecule has 0 aliphatic heterocycles. The van der Waals surface area contributed by atoms with Crippen LogP contribution in [0.15, 0.2) is 60.9 Å². The van der Waals surface area contributed by atoms with E-state index in [1.54, 1.807) is 12.4 Å². The van der Waals surface area contributed by atoms with Gasteiger partial charge >= 0.3 is 12.2 Å². The number of carboxylic acid groups (broad SMARTS) is 2. The number of imide groups is 2. The zero-order valence-corrected chi connectivity index (χ0v) is 31.3. The largest absolute Gasteiger partial charge is 0.465 e. The third-order valence-corrected chi connectivity index (χ3v) is 8.89. The van der Waals surface area contributed by atoms with Crippen LogP contribution in [0.2, 0.25) is 0 Å². The Kier molecular flexibility index (Phi) is 15.0. The summed E-state index contributed by atoms with van der Waals surface area (Å²) in [6.45, 7) is 8.49. The third-order valence-electron chi connectivity index (χ3n) is 8.89. The van der Waals surface area contributed by atoms with Crippen molar-refractivity contribution in [3.8, 4) is 33.6 Å². The van der Waals surface area contributed by atoms with E-state index in [0.29, 0.717) is 11.6 Å². The van der Waals surface area contributed by atoms with Gasteiger partial charge in [0.25, 0.3) is 0 Å². The highest BCUT2D eigenvalue weighted by molar-refractivity contribution is 5.94. The quantitative estimate of drug-likeness (QED) is 0.0626. The monoisotopic (exact) mass is 746 g/mol. The maximum absolute atomic E-state index is 12.6. The van der Waals surface area contributed by atoms with E-state index in [-0.39, 0.29) is 50.0 Å². The fourth-order valence-electron chi connectivity index (χ4n) is 6.00. The lowest BCUT2D eigenvalue weighted by Crippen LogP contribution is -2.48. The van der Waals surface area contributed by atoms with Crippen molar-refractivity contribution in [2.75, 3.05) is 27.4 Å². The molecule has 0 saturated carbocycles. The Hall–Kier alpha value is -5.42. The molecule has 290 valence electrons. The van der Waals surface area contributed by atoms with Crippen LogP contribution in [-0.4, -0.2) is 93.7 Å². The Morgan fingerprint density at radius 1 is 0.611 bits per heavy atom. The highest BCUT2D eigenvalue weighted by Gasteiger charge is 2.29. The molecule has 4 rings (SSSR count). The van der Waals surface area contributed by atoms with Crippen molar-refractivity contribution in [3.05, 3.63) is 72.6 Å². The summed E-state index contributed by atoms with van der Waals surface area (Å²) in [6.07, 6.45) is 1.34. The topological polar surface area (TPSA) is 233 Å². The molecule has 2 aromatic carbocycles. The number of hydrogen-bond acceptors (Lipinski definition) is 10. The lowest BCUT2D eigenvalue weighted by molar-refractivity contribution is -0.124. The van der Waals surface area contributed by atoms with Gasteiger partial charge in [-0.3, -0.25) is 30.9 Å². The van der Waals surface area contributed by atoms with Gasteiger partial charge in [-0.2, -0.15) is 0 Å². The summed E-state index contributed by atoms with van der Waals surface area (Å²) < 4.78 is 10.3. The minimum atomic E-state index is -1.42. The van der Waals surface area contributed by atoms with Crippen LogP contribution >= 0.6 is 0 Å². The molecule has 0 radical (unpaired) electrons. The molecule has 4 atom stereocenters. The van der Waals surface area contributed by atoms with Crippen LogP contribution in [0.4, 0.5) is 9.59 Å². The third kappa shape index (κ3) is 11.3. The second-order valence-corrected chi connectivity index (χ2v) is 13.5. The second kappa shape index (κ2) is 19.6. The summed E-state index contributed by atoms with van der Waals surface area (Å²) in [5.74, 6) is -0.0192. The SMILES string of the molecule is COCCC(NC(c1nc(-c2ccc(-c3ccc(-c4c[nH]c([C@H](N[C@@H](CCOC)C(=O)NC(=O)O)C(C)C)n4)cc3)cc2)c[nH]1)C(C)C)C(=O)NC(=O)O. The van der Waals surface area contributed by atoms with E-state index in [0.717, 1.165) is 33.6 Å². The van der Waals surface area contributed by atoms with E-state index >= 15 is 0 Å². The minimum absolute atomic E-state index is 0.0236. The molecule has 0 aliphatic carbocycles. The molecule has 0 aliphatic rings. The van der Waals surface area contributed by atoms with Crippen LogP contribution in [0.25, 0.3) is 33.6 Å². The number of carbonyl (C=O) groups excluding carboxylic acids is 2. The van der Waals surface area contributed by atoms with Crippen molar-refractivity contribution in [1.29, 1.82) is 0 Å². The second-order valence-electron chi connectivity index (χ2n) is 13.5. The number of nitrogens with zero attached hydrogens (tertiary/aromatic N) is 2. The van der Waals surface area contributed by atoms with Crippen molar-refractivity contribution < 1.29 is 38.9 Å². The molecule has 0 spiro atoms. The van der Waals surface area contributed by atoms with Gasteiger partial charge in [-0.25, -0.2) is 19.6 Å². The molecule has 2 aromatic heterocycles. The molecular weight excluding hydrogens is 696 g/mol. The standard InChI is InChI=1S/C38H50N8O8/c1-21(2)31(41-27(15-17-53-5)35(47)45-37(49)50)33-39-19-29(43-33)25-11-7-23(8-12-25)24-9-13-26(14-10-24)30-20-40-34(44-30)32(22(3)4)42-28(16-18-54-6)36(48)46-38(51)52/h7-14,19-22,27-28,31-32,41-42H,15-18H2,1-6H3,(H,39,43)(H,40,44)(H,45,47)(H,46,48)(H,49,50)(H,51,52)/t27-,28?,31+,32?/m0/s1. The predicted octanol–water partition coefficient (Wildman–Crippen LogP) is 5.11. The average Bonchev–Trinajstić information content (AvgIpc) is 3.82. The summed E-state index contributed by atoms with van der Waals surface area (Å²) in [5, 5.41) is 28.5. The molecule has 0 fully saturated rings. The molecule has 8 N–H and O–H groups in total. The van der Waals surface area contributed by atoms with Crippen molar-refractivity contribution in [3.63, 3.8) is 0 Å². The Bertz CT molecular complexity index is 1700. The maximum Gasteiger partial charge on any atom is 0.411 e. The van der Waals surface area contributed by atoms with Crippen LogP contribution in [0.5, 0.6) is 0 Å². The first-order chi connectivity index (χ1) is 25.8. The lowest BCUT2D eigenvalue weighted by atomic mass is 10.0. The van der Waals surface area contributed by atoms with Gasteiger partial charge in [0, 0.05) is 51.0 Å². The van der Waals surface area contributed by atoms with E-state index in [1.165, 1.54) is 14.2 Å². The van der Waals surface area contributed by atoms with E-state index in [1.807, 2.05) is 86.9 Å². The smallest absolute Gasteiger partial charge is 0.411 e. The van der Waals surface area contributed by atoms with E-state index in [9.17, 15) is 19.2 Å². The fraction of sp³-hybridized carbons (Fsp3) is 0.421. The number of hydrogen-bond donors (Lipinski definition) is 8. The number of nitrogens with one attached hydrogen (secondary N) is 6. The highest BCUT2D eigenvalue weighted by atomic mass is 16.5. The Morgan fingerprint density at radius 3 is 1.24 bits per heavy atom. The maximum atomic E-state index is 12.6. The lowest BCUT2D eigenvalue weighted by Gasteiger charge is -2.26. The molecule has 4 amide bonds.